The summed E-state index contributed by atoms with van der Waals surface area (Å²) in [7, 11) is 0. The number of benzene rings is 1. The van der Waals surface area contributed by atoms with Crippen LogP contribution < -0.4 is 10.1 Å². The summed E-state index contributed by atoms with van der Waals surface area (Å²) >= 11 is 0. The van der Waals surface area contributed by atoms with Crippen molar-refractivity contribution >= 4 is 0 Å². The Labute approximate surface area is 116 Å². The summed E-state index contributed by atoms with van der Waals surface area (Å²) in [4.78, 5) is 0. The van der Waals surface area contributed by atoms with Gasteiger partial charge in [-0.2, -0.15) is 5.26 Å². The van der Waals surface area contributed by atoms with Crippen LogP contribution in [0.1, 0.15) is 33.3 Å². The van der Waals surface area contributed by atoms with Crippen LogP contribution in [-0.2, 0) is 6.42 Å². The van der Waals surface area contributed by atoms with Gasteiger partial charge in [0.2, 0.25) is 0 Å². The fourth-order valence-electron chi connectivity index (χ4n) is 1.68. The second-order valence-electron chi connectivity index (χ2n) is 5.73. The quantitative estimate of drug-likeness (QED) is 0.766. The Bertz CT molecular complexity index is 415. The third kappa shape index (κ3) is 6.26. The van der Waals surface area contributed by atoms with Gasteiger partial charge in [-0.3, -0.25) is 0 Å². The topological polar surface area (TPSA) is 45.0 Å². The maximum absolute atomic E-state index is 8.91. The second kappa shape index (κ2) is 7.16. The maximum atomic E-state index is 8.91. The minimum atomic E-state index is -0.297. The van der Waals surface area contributed by atoms with Crippen molar-refractivity contribution in [2.75, 3.05) is 13.1 Å². The molecular formula is C16H24N2O. The first-order chi connectivity index (χ1) is 8.93. The van der Waals surface area contributed by atoms with Gasteiger partial charge in [0.25, 0.3) is 0 Å². The van der Waals surface area contributed by atoms with Crippen LogP contribution in [0.2, 0.25) is 0 Å². The predicted octanol–water partition coefficient (Wildman–Crippen LogP) is 3.16. The first-order valence-corrected chi connectivity index (χ1v) is 6.80. The number of rotatable bonds is 7. The van der Waals surface area contributed by atoms with Gasteiger partial charge in [0, 0.05) is 6.54 Å². The standard InChI is InChI=1S/C16H24N2O/c1-13(2)19-15-7-5-14(6-8-15)9-10-18-12-16(3,4)11-17/h5-8,13,18H,9-10,12H2,1-4H3. The summed E-state index contributed by atoms with van der Waals surface area (Å²) in [6.07, 6.45) is 1.17. The molecule has 3 nitrogen and oxygen atoms in total. The van der Waals surface area contributed by atoms with E-state index < -0.39 is 0 Å². The molecule has 0 saturated carbocycles. The summed E-state index contributed by atoms with van der Waals surface area (Å²) in [6.45, 7) is 9.53. The fourth-order valence-corrected chi connectivity index (χ4v) is 1.68. The van der Waals surface area contributed by atoms with E-state index in [1.807, 2.05) is 39.8 Å². The summed E-state index contributed by atoms with van der Waals surface area (Å²) in [6, 6.07) is 10.5. The lowest BCUT2D eigenvalue weighted by molar-refractivity contribution is 0.242. The van der Waals surface area contributed by atoms with Gasteiger partial charge >= 0.3 is 0 Å². The van der Waals surface area contributed by atoms with Crippen LogP contribution in [0, 0.1) is 16.7 Å². The Balaban J connectivity index is 2.33. The highest BCUT2D eigenvalue weighted by atomic mass is 16.5. The maximum Gasteiger partial charge on any atom is 0.119 e. The zero-order valence-electron chi connectivity index (χ0n) is 12.4. The van der Waals surface area contributed by atoms with E-state index in [1.54, 1.807) is 0 Å². The van der Waals surface area contributed by atoms with E-state index in [0.29, 0.717) is 0 Å². The molecule has 0 aliphatic rings. The van der Waals surface area contributed by atoms with Crippen molar-refractivity contribution in [3.05, 3.63) is 29.8 Å². The molecule has 0 saturated heterocycles. The number of ether oxygens (including phenoxy) is 1. The molecule has 0 spiro atoms. The van der Waals surface area contributed by atoms with Crippen molar-refractivity contribution in [1.82, 2.24) is 5.32 Å². The molecule has 1 N–H and O–H groups in total. The molecular weight excluding hydrogens is 236 g/mol. The van der Waals surface area contributed by atoms with Gasteiger partial charge in [-0.1, -0.05) is 12.1 Å². The fraction of sp³-hybridized carbons (Fsp3) is 0.562. The largest absolute Gasteiger partial charge is 0.491 e. The Morgan fingerprint density at radius 1 is 1.26 bits per heavy atom. The van der Waals surface area contributed by atoms with Crippen LogP contribution in [-0.4, -0.2) is 19.2 Å². The van der Waals surface area contributed by atoms with Gasteiger partial charge in [0.1, 0.15) is 5.75 Å². The molecule has 0 aliphatic heterocycles. The van der Waals surface area contributed by atoms with Gasteiger partial charge in [-0.25, -0.2) is 0 Å². The predicted molar refractivity (Wildman–Crippen MR) is 78.2 cm³/mol. The first kappa shape index (κ1) is 15.5. The minimum Gasteiger partial charge on any atom is -0.491 e. The summed E-state index contributed by atoms with van der Waals surface area (Å²) in [5, 5.41) is 12.2. The van der Waals surface area contributed by atoms with E-state index in [9.17, 15) is 0 Å². The molecule has 1 aromatic rings. The lowest BCUT2D eigenvalue weighted by Crippen LogP contribution is -2.29. The molecule has 0 radical (unpaired) electrons. The Kier molecular flexibility index (Phi) is 5.85. The third-order valence-electron chi connectivity index (χ3n) is 2.76. The van der Waals surface area contributed by atoms with Crippen LogP contribution in [0.5, 0.6) is 5.75 Å². The van der Waals surface area contributed by atoms with E-state index in [0.717, 1.165) is 25.3 Å². The molecule has 0 aliphatic carbocycles. The van der Waals surface area contributed by atoms with E-state index in [-0.39, 0.29) is 11.5 Å². The molecule has 104 valence electrons. The average Bonchev–Trinajstić information content (AvgIpc) is 2.36. The monoisotopic (exact) mass is 260 g/mol. The second-order valence-corrected chi connectivity index (χ2v) is 5.73. The van der Waals surface area contributed by atoms with Crippen molar-refractivity contribution in [3.63, 3.8) is 0 Å². The number of nitrogens with one attached hydrogen (secondary N) is 1. The van der Waals surface area contributed by atoms with Gasteiger partial charge in [-0.15, -0.1) is 0 Å². The normalized spacial score (nSPS) is 11.4. The van der Waals surface area contributed by atoms with Crippen LogP contribution in [0.25, 0.3) is 0 Å². The zero-order valence-corrected chi connectivity index (χ0v) is 12.4. The SMILES string of the molecule is CC(C)Oc1ccc(CCNCC(C)(C)C#N)cc1. The highest BCUT2D eigenvalue weighted by Crippen LogP contribution is 2.14. The molecule has 3 heteroatoms. The van der Waals surface area contributed by atoms with E-state index in [1.165, 1.54) is 5.56 Å². The van der Waals surface area contributed by atoms with E-state index in [4.69, 9.17) is 10.00 Å². The smallest absolute Gasteiger partial charge is 0.119 e. The number of hydrogen-bond donors (Lipinski definition) is 1. The van der Waals surface area contributed by atoms with Crippen molar-refractivity contribution in [3.8, 4) is 11.8 Å². The van der Waals surface area contributed by atoms with Crippen LogP contribution in [0.15, 0.2) is 24.3 Å². The Hall–Kier alpha value is -1.53. The number of nitriles is 1. The molecule has 0 atom stereocenters. The zero-order chi connectivity index (χ0) is 14.3. The van der Waals surface area contributed by atoms with Crippen molar-refractivity contribution < 1.29 is 4.74 Å². The molecule has 0 heterocycles. The van der Waals surface area contributed by atoms with Crippen LogP contribution >= 0.6 is 0 Å². The third-order valence-corrected chi connectivity index (χ3v) is 2.76. The van der Waals surface area contributed by atoms with Gasteiger partial charge in [0.05, 0.1) is 17.6 Å². The molecule has 0 fully saturated rings. The summed E-state index contributed by atoms with van der Waals surface area (Å²) in [5.74, 6) is 0.914. The van der Waals surface area contributed by atoms with E-state index >= 15 is 0 Å². The molecule has 1 aromatic carbocycles. The van der Waals surface area contributed by atoms with Crippen LogP contribution in [0.4, 0.5) is 0 Å². The molecule has 0 bridgehead atoms. The Morgan fingerprint density at radius 2 is 1.89 bits per heavy atom. The summed E-state index contributed by atoms with van der Waals surface area (Å²) in [5.41, 5.74) is 0.980. The Morgan fingerprint density at radius 3 is 2.42 bits per heavy atom. The van der Waals surface area contributed by atoms with Crippen molar-refractivity contribution in [1.29, 1.82) is 5.26 Å². The lowest BCUT2D eigenvalue weighted by atomic mass is 9.96. The van der Waals surface area contributed by atoms with Gasteiger partial charge in [0.15, 0.2) is 0 Å². The molecule has 0 amide bonds. The molecule has 0 aromatic heterocycles. The number of nitrogens with zero attached hydrogens (tertiary/aromatic N) is 1. The first-order valence-electron chi connectivity index (χ1n) is 6.80. The lowest BCUT2D eigenvalue weighted by Gasteiger charge is -2.15. The number of hydrogen-bond acceptors (Lipinski definition) is 3. The van der Waals surface area contributed by atoms with Gasteiger partial charge in [-0.05, 0) is 58.4 Å². The average molecular weight is 260 g/mol. The highest BCUT2D eigenvalue weighted by molar-refractivity contribution is 5.27. The highest BCUT2D eigenvalue weighted by Gasteiger charge is 2.15. The molecule has 1 rings (SSSR count). The molecule has 19 heavy (non-hydrogen) atoms. The van der Waals surface area contributed by atoms with Crippen LogP contribution in [0.3, 0.4) is 0 Å². The minimum absolute atomic E-state index is 0.209. The van der Waals surface area contributed by atoms with Gasteiger partial charge < -0.3 is 10.1 Å². The van der Waals surface area contributed by atoms with E-state index in [2.05, 4.69) is 23.5 Å². The van der Waals surface area contributed by atoms with Crippen molar-refractivity contribution in [2.45, 2.75) is 40.2 Å². The van der Waals surface area contributed by atoms with Crippen molar-refractivity contribution in [2.24, 2.45) is 5.41 Å². The summed E-state index contributed by atoms with van der Waals surface area (Å²) < 4.78 is 5.60. The molecule has 0 unspecified atom stereocenters.